The van der Waals surface area contributed by atoms with Gasteiger partial charge in [0.15, 0.2) is 5.17 Å². The summed E-state index contributed by atoms with van der Waals surface area (Å²) in [7, 11) is 1.77. The number of aliphatic imine (C=N–C) groups is 1. The summed E-state index contributed by atoms with van der Waals surface area (Å²) in [5.74, 6) is -0.476. The number of amidine groups is 1. The molecule has 5 atom stereocenters. The van der Waals surface area contributed by atoms with Crippen molar-refractivity contribution in [1.82, 2.24) is 4.90 Å². The van der Waals surface area contributed by atoms with Crippen molar-refractivity contribution in [3.05, 3.63) is 65.2 Å². The van der Waals surface area contributed by atoms with Crippen molar-refractivity contribution in [1.29, 1.82) is 0 Å². The zero-order chi connectivity index (χ0) is 21.3. The molecule has 0 aromatic heterocycles. The number of nitrogens with zero attached hydrogens (tertiary/aromatic N) is 2. The van der Waals surface area contributed by atoms with Crippen LogP contribution in [-0.2, 0) is 11.3 Å². The fourth-order valence-corrected chi connectivity index (χ4v) is 5.46. The number of nitrogens with one attached hydrogen (secondary N) is 1. The van der Waals surface area contributed by atoms with E-state index in [2.05, 4.69) is 10.3 Å². The van der Waals surface area contributed by atoms with Crippen molar-refractivity contribution in [2.75, 3.05) is 12.4 Å². The number of benzene rings is 2. The summed E-state index contributed by atoms with van der Waals surface area (Å²) in [6.45, 7) is 0.494. The van der Waals surface area contributed by atoms with Crippen molar-refractivity contribution in [3.8, 4) is 0 Å². The highest BCUT2D eigenvalue weighted by Crippen LogP contribution is 2.42. The van der Waals surface area contributed by atoms with Gasteiger partial charge in [-0.15, -0.1) is 0 Å². The molecule has 2 aliphatic rings. The van der Waals surface area contributed by atoms with Crippen LogP contribution in [0.4, 0.5) is 5.69 Å². The van der Waals surface area contributed by atoms with Crippen molar-refractivity contribution in [2.24, 2.45) is 10.9 Å². The summed E-state index contributed by atoms with van der Waals surface area (Å²) in [5, 5.41) is 25.1. The first-order chi connectivity index (χ1) is 14.4. The minimum Gasteiger partial charge on any atom is -0.390 e. The molecule has 3 N–H and O–H groups in total. The predicted octanol–water partition coefficient (Wildman–Crippen LogP) is 2.99. The van der Waals surface area contributed by atoms with Gasteiger partial charge in [0.05, 0.1) is 18.1 Å². The molecule has 5 unspecified atom stereocenters. The Morgan fingerprint density at radius 1 is 1.20 bits per heavy atom. The minimum absolute atomic E-state index is 0.0461. The number of hydrogen-bond acceptors (Lipinski definition) is 6. The third kappa shape index (κ3) is 4.49. The van der Waals surface area contributed by atoms with Crippen LogP contribution in [0.15, 0.2) is 59.6 Å². The molecule has 158 valence electrons. The second kappa shape index (κ2) is 8.98. The molecule has 6 nitrogen and oxygen atoms in total. The molecule has 1 aliphatic carbocycles. The van der Waals surface area contributed by atoms with Crippen LogP contribution >= 0.6 is 23.4 Å². The van der Waals surface area contributed by atoms with Crippen LogP contribution in [0, 0.1) is 5.92 Å². The summed E-state index contributed by atoms with van der Waals surface area (Å²) in [4.78, 5) is 19.5. The predicted molar refractivity (Wildman–Crippen MR) is 121 cm³/mol. The Morgan fingerprint density at radius 2 is 1.90 bits per heavy atom. The molecular weight excluding hydrogens is 422 g/mol. The van der Waals surface area contributed by atoms with E-state index in [-0.39, 0.29) is 17.6 Å². The van der Waals surface area contributed by atoms with E-state index in [4.69, 9.17) is 11.6 Å². The van der Waals surface area contributed by atoms with Crippen LogP contribution in [0.5, 0.6) is 0 Å². The van der Waals surface area contributed by atoms with E-state index in [9.17, 15) is 15.0 Å². The third-order valence-corrected chi connectivity index (χ3v) is 7.10. The number of anilines is 1. The summed E-state index contributed by atoms with van der Waals surface area (Å²) in [6.07, 6.45) is -1.75. The molecule has 0 bridgehead atoms. The van der Waals surface area contributed by atoms with Gasteiger partial charge in [0.25, 0.3) is 0 Å². The number of halogens is 1. The van der Waals surface area contributed by atoms with Crippen LogP contribution < -0.4 is 5.32 Å². The highest BCUT2D eigenvalue weighted by molar-refractivity contribution is 8.15. The molecule has 1 aliphatic heterocycles. The monoisotopic (exact) mass is 445 g/mol. The lowest BCUT2D eigenvalue weighted by Crippen LogP contribution is -2.54. The highest BCUT2D eigenvalue weighted by atomic mass is 35.5. The number of fused-ring (bicyclic) bond motifs is 1. The van der Waals surface area contributed by atoms with E-state index in [0.29, 0.717) is 16.7 Å². The molecule has 1 heterocycles. The number of carbonyl (C=O) groups is 1. The Labute approximate surface area is 185 Å². The van der Waals surface area contributed by atoms with Gasteiger partial charge in [0.1, 0.15) is 6.10 Å². The maximum atomic E-state index is 13.2. The molecule has 2 aromatic carbocycles. The van der Waals surface area contributed by atoms with E-state index >= 15 is 0 Å². The van der Waals surface area contributed by atoms with E-state index in [1.165, 1.54) is 11.8 Å². The van der Waals surface area contributed by atoms with Gasteiger partial charge in [-0.1, -0.05) is 53.7 Å². The summed E-state index contributed by atoms with van der Waals surface area (Å²) >= 11 is 7.39. The zero-order valence-corrected chi connectivity index (χ0v) is 18.1. The second-order valence-corrected chi connectivity index (χ2v) is 9.32. The molecule has 0 spiro atoms. The Balaban J connectivity index is 1.48. The van der Waals surface area contributed by atoms with E-state index in [1.54, 1.807) is 24.1 Å². The smallest absolute Gasteiger partial charge is 0.227 e. The van der Waals surface area contributed by atoms with Gasteiger partial charge >= 0.3 is 0 Å². The zero-order valence-electron chi connectivity index (χ0n) is 16.5. The summed E-state index contributed by atoms with van der Waals surface area (Å²) < 4.78 is 0. The summed E-state index contributed by atoms with van der Waals surface area (Å²) in [5.41, 5.74) is 1.87. The molecular formula is C22H24ClN3O3S. The minimum atomic E-state index is -0.990. The first-order valence-corrected chi connectivity index (χ1v) is 11.1. The molecule has 8 heteroatoms. The van der Waals surface area contributed by atoms with Crippen LogP contribution in [0.1, 0.15) is 12.0 Å². The number of amides is 1. The lowest BCUT2D eigenvalue weighted by molar-refractivity contribution is -0.139. The van der Waals surface area contributed by atoms with Crippen LogP contribution in [0.2, 0.25) is 5.02 Å². The number of rotatable bonds is 4. The average Bonchev–Trinajstić information content (AvgIpc) is 3.16. The van der Waals surface area contributed by atoms with Crippen LogP contribution in [0.3, 0.4) is 0 Å². The number of carbonyl (C=O) groups excluding carboxylic acids is 1. The Morgan fingerprint density at radius 3 is 2.60 bits per heavy atom. The van der Waals surface area contributed by atoms with Gasteiger partial charge < -0.3 is 20.4 Å². The van der Waals surface area contributed by atoms with Crippen molar-refractivity contribution in [3.63, 3.8) is 0 Å². The number of aliphatic hydroxyl groups is 2. The largest absolute Gasteiger partial charge is 0.390 e. The normalized spacial score (nSPS) is 27.9. The first kappa shape index (κ1) is 21.2. The maximum absolute atomic E-state index is 13.2. The molecule has 0 saturated heterocycles. The van der Waals surface area contributed by atoms with Gasteiger partial charge in [-0.3, -0.25) is 9.79 Å². The topological polar surface area (TPSA) is 85.2 Å². The standard InChI is InChI=1S/C22H24ClN3O3S/c1-26(12-13-5-3-2-4-6-13)21(29)16-11-17(27)19(28)18-20(16)30-22(25-18)24-15-9-7-14(23)8-10-15/h2-10,16-20,27-28H,11-12H2,1H3,(H,24,25). The molecule has 1 saturated carbocycles. The van der Waals surface area contributed by atoms with Crippen LogP contribution in [-0.4, -0.2) is 56.7 Å². The Bertz CT molecular complexity index is 925. The number of thioether (sulfide) groups is 1. The second-order valence-electron chi connectivity index (χ2n) is 7.72. The maximum Gasteiger partial charge on any atom is 0.227 e. The fraction of sp³-hybridized carbons (Fsp3) is 0.364. The van der Waals surface area contributed by atoms with Gasteiger partial charge in [-0.05, 0) is 36.2 Å². The lowest BCUT2D eigenvalue weighted by atomic mass is 9.80. The SMILES string of the molecule is CN(Cc1ccccc1)C(=O)C1CC(O)C(O)C2N=C(Nc3ccc(Cl)cc3)SC12. The Kier molecular flexibility index (Phi) is 6.34. The van der Waals surface area contributed by atoms with Gasteiger partial charge in [-0.2, -0.15) is 0 Å². The average molecular weight is 446 g/mol. The number of hydrogen-bond donors (Lipinski definition) is 3. The van der Waals surface area contributed by atoms with Crippen molar-refractivity contribution in [2.45, 2.75) is 36.5 Å². The fourth-order valence-electron chi connectivity index (χ4n) is 3.97. The molecule has 1 fully saturated rings. The van der Waals surface area contributed by atoms with Crippen molar-refractivity contribution >= 4 is 40.1 Å². The first-order valence-electron chi connectivity index (χ1n) is 9.84. The number of aliphatic hydroxyl groups excluding tert-OH is 2. The molecule has 2 aromatic rings. The highest BCUT2D eigenvalue weighted by Gasteiger charge is 2.50. The van der Waals surface area contributed by atoms with Gasteiger partial charge in [0.2, 0.25) is 5.91 Å². The quantitative estimate of drug-likeness (QED) is 0.673. The van der Waals surface area contributed by atoms with E-state index in [1.807, 2.05) is 42.5 Å². The van der Waals surface area contributed by atoms with Gasteiger partial charge in [0, 0.05) is 29.6 Å². The van der Waals surface area contributed by atoms with Crippen LogP contribution in [0.25, 0.3) is 0 Å². The van der Waals surface area contributed by atoms with Gasteiger partial charge in [-0.25, -0.2) is 0 Å². The van der Waals surface area contributed by atoms with Crippen molar-refractivity contribution < 1.29 is 15.0 Å². The summed E-state index contributed by atoms with van der Waals surface area (Å²) in [6, 6.07) is 16.5. The molecule has 4 rings (SSSR count). The van der Waals surface area contributed by atoms with E-state index in [0.717, 1.165) is 11.3 Å². The third-order valence-electron chi connectivity index (χ3n) is 5.54. The molecule has 0 radical (unpaired) electrons. The molecule has 30 heavy (non-hydrogen) atoms. The molecule has 1 amide bonds. The van der Waals surface area contributed by atoms with E-state index < -0.39 is 24.2 Å². The Hall–Kier alpha value is -2.06. The lowest BCUT2D eigenvalue weighted by Gasteiger charge is -2.38.